The third-order valence-electron chi connectivity index (χ3n) is 20.1. The van der Waals surface area contributed by atoms with Crippen molar-refractivity contribution in [2.24, 2.45) is 17.8 Å². The number of aromatic nitrogens is 3. The third-order valence-corrected chi connectivity index (χ3v) is 20.1. The topological polar surface area (TPSA) is 256 Å². The van der Waals surface area contributed by atoms with Crippen molar-refractivity contribution in [2.75, 3.05) is 88.3 Å². The normalized spacial score (nSPS) is 22.9. The van der Waals surface area contributed by atoms with Gasteiger partial charge in [0.25, 0.3) is 0 Å². The number of hydrogen-bond acceptors (Lipinski definition) is 19. The Kier molecular flexibility index (Phi) is 20.5. The van der Waals surface area contributed by atoms with E-state index in [1.807, 2.05) is 88.4 Å². The summed E-state index contributed by atoms with van der Waals surface area (Å²) in [5, 5.41) is 33.5. The van der Waals surface area contributed by atoms with Crippen LogP contribution in [0.1, 0.15) is 126 Å². The maximum atomic E-state index is 12.4. The molecule has 4 aliphatic heterocycles. The first kappa shape index (κ1) is 64.2. The molecule has 6 fully saturated rings. The fourth-order valence-electron chi connectivity index (χ4n) is 14.6. The van der Waals surface area contributed by atoms with E-state index in [-0.39, 0.29) is 67.4 Å². The molecule has 3 aromatic heterocycles. The van der Waals surface area contributed by atoms with Crippen molar-refractivity contribution in [1.29, 1.82) is 0 Å². The molecule has 92 heavy (non-hydrogen) atoms. The highest BCUT2D eigenvalue weighted by Crippen LogP contribution is 2.41. The van der Waals surface area contributed by atoms with E-state index >= 15 is 0 Å². The number of fused-ring (bicyclic) bond motifs is 4. The molecule has 0 radical (unpaired) electrons. The fraction of sp³-hybridized carbons (Fsp3) is 0.557. The summed E-state index contributed by atoms with van der Waals surface area (Å²) < 4.78 is 32.0. The number of rotatable bonds is 19. The number of ether oxygens (including phenoxy) is 3. The lowest BCUT2D eigenvalue weighted by Gasteiger charge is -2.47. The van der Waals surface area contributed by atoms with Crippen LogP contribution in [0.5, 0.6) is 11.5 Å². The van der Waals surface area contributed by atoms with Crippen molar-refractivity contribution in [3.8, 4) is 11.5 Å². The van der Waals surface area contributed by atoms with Gasteiger partial charge in [-0.1, -0.05) is 70.3 Å². The zero-order valence-electron chi connectivity index (χ0n) is 54.2. The molecule has 492 valence electrons. The smallest absolute Gasteiger partial charge is 0.308 e. The summed E-state index contributed by atoms with van der Waals surface area (Å²) in [6.45, 7) is 19.5. The van der Waals surface area contributed by atoms with Crippen LogP contribution in [0.4, 0.5) is 17.5 Å². The van der Waals surface area contributed by atoms with Gasteiger partial charge < -0.3 is 59.7 Å². The van der Waals surface area contributed by atoms with Gasteiger partial charge >= 0.3 is 5.97 Å². The van der Waals surface area contributed by atoms with Crippen LogP contribution in [-0.2, 0) is 23.9 Å². The van der Waals surface area contributed by atoms with Gasteiger partial charge in [0, 0.05) is 57.4 Å². The van der Waals surface area contributed by atoms with Crippen molar-refractivity contribution in [3.63, 3.8) is 0 Å². The van der Waals surface area contributed by atoms with Crippen LogP contribution in [-0.4, -0.2) is 162 Å². The Bertz CT molecular complexity index is 3650. The van der Waals surface area contributed by atoms with Gasteiger partial charge in [-0.2, -0.15) is 0 Å². The molecule has 4 aromatic carbocycles. The SMILES string of the molecule is CCOC(=O)C1CCC(N2CC(NC(=O)CNc3noc4ccc(C)cc34)C2)CC1.Cc1ccc2onc(NCC(=O)NC3CN(C4CCC(C(C)C)CC4)C3)c2c1.Cc1ccc2onc(NCC(=O)NC3CN(C4CCC(c5ccc6c(c5)OCO6)CC4)C3)c2c1. The lowest BCUT2D eigenvalue weighted by molar-refractivity contribution is -0.149. The van der Waals surface area contributed by atoms with Crippen LogP contribution in [0.3, 0.4) is 0 Å². The van der Waals surface area contributed by atoms with Gasteiger partial charge in [-0.05, 0) is 177 Å². The number of benzene rings is 4. The summed E-state index contributed by atoms with van der Waals surface area (Å²) in [6.07, 6.45) is 13.9. The average molecular weight is 1260 g/mol. The maximum Gasteiger partial charge on any atom is 0.308 e. The molecule has 3 saturated carbocycles. The molecular formula is C70H92N12O10. The van der Waals surface area contributed by atoms with Gasteiger partial charge in [0.15, 0.2) is 45.7 Å². The Morgan fingerprint density at radius 3 is 1.29 bits per heavy atom. The quantitative estimate of drug-likeness (QED) is 0.0412. The Morgan fingerprint density at radius 1 is 0.500 bits per heavy atom. The van der Waals surface area contributed by atoms with E-state index in [4.69, 9.17) is 27.8 Å². The molecule has 0 atom stereocenters. The highest BCUT2D eigenvalue weighted by molar-refractivity contribution is 5.93. The average Bonchev–Trinajstić information content (AvgIpc) is 2.04. The van der Waals surface area contributed by atoms with E-state index < -0.39 is 0 Å². The number of hydrogen-bond donors (Lipinski definition) is 6. The minimum Gasteiger partial charge on any atom is -0.466 e. The van der Waals surface area contributed by atoms with Crippen LogP contribution in [0.2, 0.25) is 0 Å². The van der Waals surface area contributed by atoms with Crippen molar-refractivity contribution in [3.05, 3.63) is 95.1 Å². The highest BCUT2D eigenvalue weighted by atomic mass is 16.7. The number of likely N-dealkylation sites (tertiary alicyclic amines) is 3. The zero-order chi connectivity index (χ0) is 63.8. The Labute approximate surface area is 538 Å². The second kappa shape index (κ2) is 29.3. The van der Waals surface area contributed by atoms with E-state index in [2.05, 4.69) is 88.1 Å². The van der Waals surface area contributed by atoms with Crippen LogP contribution < -0.4 is 41.4 Å². The molecule has 3 aliphatic carbocycles. The lowest BCUT2D eigenvalue weighted by Crippen LogP contribution is -2.63. The first-order valence-corrected chi connectivity index (χ1v) is 33.6. The minimum atomic E-state index is -0.0488. The Hall–Kier alpha value is -7.95. The highest BCUT2D eigenvalue weighted by Gasteiger charge is 2.39. The predicted molar refractivity (Wildman–Crippen MR) is 353 cm³/mol. The Morgan fingerprint density at radius 2 is 0.891 bits per heavy atom. The first-order valence-electron chi connectivity index (χ1n) is 33.6. The predicted octanol–water partition coefficient (Wildman–Crippen LogP) is 9.84. The molecular weight excluding hydrogens is 1170 g/mol. The molecule has 7 aliphatic rings. The van der Waals surface area contributed by atoms with Gasteiger partial charge in [-0.3, -0.25) is 33.9 Å². The molecule has 22 heteroatoms. The zero-order valence-corrected chi connectivity index (χ0v) is 54.2. The van der Waals surface area contributed by atoms with E-state index in [1.165, 1.54) is 56.9 Å². The minimum absolute atomic E-state index is 0.0111. The first-order chi connectivity index (χ1) is 44.6. The number of amides is 3. The number of carbonyl (C=O) groups is 4. The molecule has 6 N–H and O–H groups in total. The second-order valence-corrected chi connectivity index (χ2v) is 27.0. The third kappa shape index (κ3) is 15.7. The fourth-order valence-corrected chi connectivity index (χ4v) is 14.6. The summed E-state index contributed by atoms with van der Waals surface area (Å²) >= 11 is 0. The summed E-state index contributed by atoms with van der Waals surface area (Å²) in [5.41, 5.74) is 6.90. The van der Waals surface area contributed by atoms with Crippen molar-refractivity contribution in [2.45, 2.75) is 161 Å². The van der Waals surface area contributed by atoms with Crippen molar-refractivity contribution >= 4 is 74.1 Å². The van der Waals surface area contributed by atoms with Gasteiger partial charge in [0.2, 0.25) is 24.5 Å². The summed E-state index contributed by atoms with van der Waals surface area (Å²) in [6, 6.07) is 26.5. The number of anilines is 3. The van der Waals surface area contributed by atoms with Crippen LogP contribution in [0.15, 0.2) is 86.4 Å². The molecule has 3 amide bonds. The number of esters is 1. The summed E-state index contributed by atoms with van der Waals surface area (Å²) in [5.74, 6) is 5.82. The molecule has 3 saturated heterocycles. The van der Waals surface area contributed by atoms with E-state index in [0.29, 0.717) is 60.5 Å². The van der Waals surface area contributed by atoms with Crippen LogP contribution >= 0.6 is 0 Å². The lowest BCUT2D eigenvalue weighted by atomic mass is 9.78. The number of carbonyl (C=O) groups excluding carboxylic acids is 4. The summed E-state index contributed by atoms with van der Waals surface area (Å²) in [4.78, 5) is 56.4. The second-order valence-electron chi connectivity index (χ2n) is 27.0. The van der Waals surface area contributed by atoms with Gasteiger partial charge in [-0.25, -0.2) is 0 Å². The molecule has 14 rings (SSSR count). The van der Waals surface area contributed by atoms with Gasteiger partial charge in [-0.15, -0.1) is 0 Å². The standard InChI is InChI=1S/C26H30N4O4.C22H30N4O4.C22H32N4O2/c1-16-2-8-22-21(10-16)26(29-34-22)27-12-25(31)28-19-13-30(14-19)20-6-3-17(4-7-20)18-5-9-23-24(11-18)33-15-32-23;1-3-29-22(28)15-5-7-17(8-6-15)26-12-16(13-26)24-20(27)11-23-21-18-10-14(2)4-9-19(18)30-25-21;1-14(2)16-5-7-18(8-6-16)26-12-17(13-26)24-21(27)11-23-22-19-10-15(3)4-9-20(19)28-25-22/h2,5,8-11,17,19-20H,3-4,6-7,12-15H2,1H3,(H,27,29)(H,28,31);4,9-10,15-17H,3,5-8,11-13H2,1-2H3,(H,23,25)(H,24,27);4,9-10,14,16-18H,5-8,11-13H2,1-3H3,(H,23,25)(H,24,27). The molecule has 7 heterocycles. The molecule has 22 nitrogen and oxygen atoms in total. The molecule has 7 aromatic rings. The number of nitrogens with one attached hydrogen (secondary N) is 6. The molecule has 0 bridgehead atoms. The molecule has 0 spiro atoms. The van der Waals surface area contributed by atoms with Gasteiger partial charge in [0.1, 0.15) is 0 Å². The monoisotopic (exact) mass is 1260 g/mol. The maximum absolute atomic E-state index is 12.4. The Balaban J connectivity index is 0.000000134. The molecule has 0 unspecified atom stereocenters. The summed E-state index contributed by atoms with van der Waals surface area (Å²) in [7, 11) is 0. The van der Waals surface area contributed by atoms with E-state index in [9.17, 15) is 19.2 Å². The number of nitrogens with zero attached hydrogens (tertiary/aromatic N) is 6. The van der Waals surface area contributed by atoms with Gasteiger partial charge in [0.05, 0.1) is 66.4 Å². The van der Waals surface area contributed by atoms with E-state index in [1.54, 1.807) is 0 Å². The van der Waals surface area contributed by atoms with Crippen LogP contribution in [0.25, 0.3) is 32.9 Å². The van der Waals surface area contributed by atoms with Crippen molar-refractivity contribution < 1.29 is 47.0 Å². The number of aryl methyl sites for hydroxylation is 3. The largest absolute Gasteiger partial charge is 0.466 e. The van der Waals surface area contributed by atoms with Crippen molar-refractivity contribution in [1.82, 2.24) is 46.1 Å². The van der Waals surface area contributed by atoms with Crippen LogP contribution in [0, 0.1) is 38.5 Å². The van der Waals surface area contributed by atoms with E-state index in [0.717, 1.165) is 132 Å².